The number of likely N-dealkylation sites (N-methyl/N-ethyl adjacent to an activating group) is 1. The molecule has 3 nitrogen and oxygen atoms in total. The normalized spacial score (nSPS) is 20.1. The largest absolute Gasteiger partial charge is 0.347 e. The standard InChI is InChI=1S/C17H21N3/c1-14-7-6-10-18-17(14)20-12-11-19(2)13-16(20)15-8-4-3-5-9-15/h3-10,16H,11-13H2,1-2H3. The highest BCUT2D eigenvalue weighted by Gasteiger charge is 2.28. The maximum Gasteiger partial charge on any atom is 0.132 e. The summed E-state index contributed by atoms with van der Waals surface area (Å²) in [4.78, 5) is 9.45. The van der Waals surface area contributed by atoms with Crippen LogP contribution in [-0.4, -0.2) is 36.6 Å². The molecule has 1 aromatic carbocycles. The van der Waals surface area contributed by atoms with Gasteiger partial charge in [0.1, 0.15) is 5.82 Å². The summed E-state index contributed by atoms with van der Waals surface area (Å²) in [6.07, 6.45) is 1.89. The van der Waals surface area contributed by atoms with Crippen molar-refractivity contribution >= 4 is 5.82 Å². The number of hydrogen-bond acceptors (Lipinski definition) is 3. The Hall–Kier alpha value is -1.87. The van der Waals surface area contributed by atoms with Crippen LogP contribution >= 0.6 is 0 Å². The highest BCUT2D eigenvalue weighted by Crippen LogP contribution is 2.30. The number of anilines is 1. The first-order valence-electron chi connectivity index (χ1n) is 7.17. The van der Waals surface area contributed by atoms with Gasteiger partial charge in [-0.25, -0.2) is 4.98 Å². The van der Waals surface area contributed by atoms with Crippen LogP contribution in [0.2, 0.25) is 0 Å². The van der Waals surface area contributed by atoms with Crippen LogP contribution in [0.25, 0.3) is 0 Å². The smallest absolute Gasteiger partial charge is 0.132 e. The maximum absolute atomic E-state index is 4.61. The molecule has 1 fully saturated rings. The molecular weight excluding hydrogens is 246 g/mol. The van der Waals surface area contributed by atoms with E-state index in [9.17, 15) is 0 Å². The van der Waals surface area contributed by atoms with E-state index in [1.165, 1.54) is 11.1 Å². The van der Waals surface area contributed by atoms with E-state index >= 15 is 0 Å². The van der Waals surface area contributed by atoms with Gasteiger partial charge in [0.25, 0.3) is 0 Å². The Morgan fingerprint density at radius 2 is 1.85 bits per heavy atom. The average molecular weight is 267 g/mol. The molecular formula is C17H21N3. The van der Waals surface area contributed by atoms with Crippen LogP contribution in [0.1, 0.15) is 17.2 Å². The number of hydrogen-bond donors (Lipinski definition) is 0. The van der Waals surface area contributed by atoms with Gasteiger partial charge < -0.3 is 9.80 Å². The molecule has 0 amide bonds. The van der Waals surface area contributed by atoms with Crippen LogP contribution in [0.4, 0.5) is 5.82 Å². The first kappa shape index (κ1) is 13.1. The van der Waals surface area contributed by atoms with E-state index in [4.69, 9.17) is 0 Å². The molecule has 1 aliphatic rings. The molecule has 0 spiro atoms. The van der Waals surface area contributed by atoms with Gasteiger partial charge in [-0.3, -0.25) is 0 Å². The number of pyridine rings is 1. The fraction of sp³-hybridized carbons (Fsp3) is 0.353. The van der Waals surface area contributed by atoms with Gasteiger partial charge in [0.15, 0.2) is 0 Å². The van der Waals surface area contributed by atoms with Gasteiger partial charge in [-0.05, 0) is 31.2 Å². The molecule has 2 heterocycles. The summed E-state index contributed by atoms with van der Waals surface area (Å²) < 4.78 is 0. The predicted octanol–water partition coefficient (Wildman–Crippen LogP) is 2.88. The molecule has 1 unspecified atom stereocenters. The van der Waals surface area contributed by atoms with Gasteiger partial charge in [0, 0.05) is 25.8 Å². The van der Waals surface area contributed by atoms with E-state index in [0.717, 1.165) is 25.5 Å². The number of aryl methyl sites for hydroxylation is 1. The molecule has 0 saturated carbocycles. The lowest BCUT2D eigenvalue weighted by molar-refractivity contribution is 0.268. The van der Waals surface area contributed by atoms with E-state index in [1.807, 2.05) is 12.3 Å². The lowest BCUT2D eigenvalue weighted by Crippen LogP contribution is -2.47. The lowest BCUT2D eigenvalue weighted by atomic mass is 10.0. The molecule has 0 N–H and O–H groups in total. The van der Waals surface area contributed by atoms with Crippen molar-refractivity contribution in [3.8, 4) is 0 Å². The van der Waals surface area contributed by atoms with Gasteiger partial charge in [0.2, 0.25) is 0 Å². The molecule has 1 atom stereocenters. The van der Waals surface area contributed by atoms with Gasteiger partial charge in [-0.15, -0.1) is 0 Å². The Bertz CT molecular complexity index is 567. The monoisotopic (exact) mass is 267 g/mol. The Labute approximate surface area is 120 Å². The SMILES string of the molecule is Cc1cccnc1N1CCN(C)CC1c1ccccc1. The van der Waals surface area contributed by atoms with E-state index in [0.29, 0.717) is 6.04 Å². The minimum atomic E-state index is 0.378. The van der Waals surface area contributed by atoms with Crippen molar-refractivity contribution in [1.29, 1.82) is 0 Å². The zero-order valence-corrected chi connectivity index (χ0v) is 12.2. The van der Waals surface area contributed by atoms with Crippen molar-refractivity contribution in [2.24, 2.45) is 0 Å². The fourth-order valence-electron chi connectivity index (χ4n) is 2.91. The second-order valence-electron chi connectivity index (χ2n) is 5.53. The summed E-state index contributed by atoms with van der Waals surface area (Å²) in [5.41, 5.74) is 2.61. The summed E-state index contributed by atoms with van der Waals surface area (Å²) in [7, 11) is 2.19. The zero-order valence-electron chi connectivity index (χ0n) is 12.2. The lowest BCUT2D eigenvalue weighted by Gasteiger charge is -2.41. The molecule has 3 rings (SSSR count). The Morgan fingerprint density at radius 1 is 1.05 bits per heavy atom. The van der Waals surface area contributed by atoms with Crippen LogP contribution in [0, 0.1) is 6.92 Å². The Kier molecular flexibility index (Phi) is 3.70. The molecule has 1 aliphatic heterocycles. The number of piperazine rings is 1. The van der Waals surface area contributed by atoms with E-state index in [1.54, 1.807) is 0 Å². The van der Waals surface area contributed by atoms with Crippen molar-refractivity contribution in [1.82, 2.24) is 9.88 Å². The van der Waals surface area contributed by atoms with Crippen molar-refractivity contribution in [2.75, 3.05) is 31.6 Å². The van der Waals surface area contributed by atoms with Crippen LogP contribution in [0.3, 0.4) is 0 Å². The molecule has 0 bridgehead atoms. The van der Waals surface area contributed by atoms with Crippen molar-refractivity contribution in [2.45, 2.75) is 13.0 Å². The number of rotatable bonds is 2. The molecule has 104 valence electrons. The quantitative estimate of drug-likeness (QED) is 0.834. The molecule has 0 aliphatic carbocycles. The average Bonchev–Trinajstić information content (AvgIpc) is 2.49. The van der Waals surface area contributed by atoms with Gasteiger partial charge >= 0.3 is 0 Å². The summed E-state index contributed by atoms with van der Waals surface area (Å²) >= 11 is 0. The minimum absolute atomic E-state index is 0.378. The van der Waals surface area contributed by atoms with Gasteiger partial charge in [-0.2, -0.15) is 0 Å². The van der Waals surface area contributed by atoms with E-state index < -0.39 is 0 Å². The molecule has 1 saturated heterocycles. The number of nitrogens with zero attached hydrogens (tertiary/aromatic N) is 3. The first-order valence-corrected chi connectivity index (χ1v) is 7.17. The molecule has 1 aromatic heterocycles. The maximum atomic E-state index is 4.61. The number of benzene rings is 1. The second kappa shape index (κ2) is 5.63. The van der Waals surface area contributed by atoms with Crippen LogP contribution in [0.5, 0.6) is 0 Å². The van der Waals surface area contributed by atoms with Gasteiger partial charge in [0.05, 0.1) is 6.04 Å². The highest BCUT2D eigenvalue weighted by atomic mass is 15.3. The summed E-state index contributed by atoms with van der Waals surface area (Å²) in [6.45, 7) is 5.29. The highest BCUT2D eigenvalue weighted by molar-refractivity contribution is 5.49. The number of aromatic nitrogens is 1. The Balaban J connectivity index is 1.97. The molecule has 0 radical (unpaired) electrons. The summed E-state index contributed by atoms with van der Waals surface area (Å²) in [6, 6.07) is 15.3. The molecule has 20 heavy (non-hydrogen) atoms. The topological polar surface area (TPSA) is 19.4 Å². The first-order chi connectivity index (χ1) is 9.75. The van der Waals surface area contributed by atoms with E-state index in [-0.39, 0.29) is 0 Å². The summed E-state index contributed by atoms with van der Waals surface area (Å²) in [5, 5.41) is 0. The third-order valence-corrected chi connectivity index (χ3v) is 4.02. The van der Waals surface area contributed by atoms with Crippen molar-refractivity contribution in [3.63, 3.8) is 0 Å². The van der Waals surface area contributed by atoms with E-state index in [2.05, 4.69) is 65.2 Å². The molecule has 3 heteroatoms. The van der Waals surface area contributed by atoms with Crippen molar-refractivity contribution in [3.05, 3.63) is 59.8 Å². The third kappa shape index (κ3) is 2.54. The van der Waals surface area contributed by atoms with Gasteiger partial charge in [-0.1, -0.05) is 36.4 Å². The second-order valence-corrected chi connectivity index (χ2v) is 5.53. The van der Waals surface area contributed by atoms with Crippen LogP contribution in [-0.2, 0) is 0 Å². The summed E-state index contributed by atoms with van der Waals surface area (Å²) in [5.74, 6) is 1.12. The predicted molar refractivity (Wildman–Crippen MR) is 83.0 cm³/mol. The van der Waals surface area contributed by atoms with Crippen LogP contribution < -0.4 is 4.90 Å². The Morgan fingerprint density at radius 3 is 2.60 bits per heavy atom. The van der Waals surface area contributed by atoms with Crippen molar-refractivity contribution < 1.29 is 0 Å². The molecule has 2 aromatic rings. The zero-order chi connectivity index (χ0) is 13.9. The minimum Gasteiger partial charge on any atom is -0.347 e. The van der Waals surface area contributed by atoms with Crippen LogP contribution in [0.15, 0.2) is 48.7 Å². The third-order valence-electron chi connectivity index (χ3n) is 4.02. The fourth-order valence-corrected chi connectivity index (χ4v) is 2.91.